The van der Waals surface area contributed by atoms with Crippen molar-refractivity contribution in [3.63, 3.8) is 0 Å². The molecule has 5 heteroatoms. The SMILES string of the molecule is CC(C)CCC(O)CN.CC(C)CCCCN(C(C)C)C(C)C.CC(C)CCCCN1CCCC1.CC(C)CCCC[N+](C)(C)C. The number of rotatable bonds is 21. The van der Waals surface area contributed by atoms with Crippen molar-refractivity contribution < 1.29 is 9.59 Å². The summed E-state index contributed by atoms with van der Waals surface area (Å²) in [7, 11) is 6.78. The molecule has 0 radical (unpaired) electrons. The third-order valence-corrected chi connectivity index (χ3v) is 8.69. The molecule has 1 unspecified atom stereocenters. The molecule has 0 aromatic carbocycles. The summed E-state index contributed by atoms with van der Waals surface area (Å²) in [6, 6.07) is 1.38. The highest BCUT2D eigenvalue weighted by Gasteiger charge is 2.12. The summed E-state index contributed by atoms with van der Waals surface area (Å²) >= 11 is 0. The van der Waals surface area contributed by atoms with E-state index in [2.05, 4.69) is 114 Å². The highest BCUT2D eigenvalue weighted by atomic mass is 16.3. The summed E-state index contributed by atoms with van der Waals surface area (Å²) in [5, 5.41) is 8.98. The van der Waals surface area contributed by atoms with Crippen LogP contribution < -0.4 is 5.73 Å². The predicted molar refractivity (Wildman–Crippen MR) is 211 cm³/mol. The van der Waals surface area contributed by atoms with E-state index in [-0.39, 0.29) is 6.10 Å². The molecular weight excluding hydrogens is 564 g/mol. The van der Waals surface area contributed by atoms with Gasteiger partial charge in [-0.15, -0.1) is 0 Å². The number of unbranched alkanes of at least 4 members (excludes halogenated alkanes) is 3. The third-order valence-electron chi connectivity index (χ3n) is 8.69. The van der Waals surface area contributed by atoms with Crippen LogP contribution in [-0.2, 0) is 0 Å². The Balaban J connectivity index is -0.000000542. The topological polar surface area (TPSA) is 52.7 Å². The maximum absolute atomic E-state index is 8.98. The maximum Gasteiger partial charge on any atom is 0.0780 e. The molecule has 0 aromatic heterocycles. The maximum atomic E-state index is 8.98. The fourth-order valence-electron chi connectivity index (χ4n) is 5.64. The summed E-state index contributed by atoms with van der Waals surface area (Å²) in [5.41, 5.74) is 5.21. The van der Waals surface area contributed by atoms with Gasteiger partial charge in [-0.25, -0.2) is 0 Å². The first-order valence-electron chi connectivity index (χ1n) is 20.0. The zero-order valence-electron chi connectivity index (χ0n) is 34.8. The summed E-state index contributed by atoms with van der Waals surface area (Å²) < 4.78 is 1.11. The van der Waals surface area contributed by atoms with E-state index in [1.165, 1.54) is 103 Å². The van der Waals surface area contributed by atoms with Crippen LogP contribution in [0, 0.1) is 23.7 Å². The Morgan fingerprint density at radius 3 is 1.37 bits per heavy atom. The van der Waals surface area contributed by atoms with Crippen molar-refractivity contribution in [2.75, 3.05) is 60.4 Å². The molecule has 1 saturated heterocycles. The van der Waals surface area contributed by atoms with Crippen LogP contribution in [0.4, 0.5) is 0 Å². The van der Waals surface area contributed by atoms with Crippen molar-refractivity contribution in [3.05, 3.63) is 0 Å². The fraction of sp³-hybridized carbons (Fsp3) is 1.00. The zero-order chi connectivity index (χ0) is 36.1. The normalized spacial score (nSPS) is 14.6. The lowest BCUT2D eigenvalue weighted by Gasteiger charge is -2.30. The van der Waals surface area contributed by atoms with Gasteiger partial charge in [0.15, 0.2) is 0 Å². The Kier molecular flexibility index (Phi) is 34.9. The van der Waals surface area contributed by atoms with E-state index in [4.69, 9.17) is 10.8 Å². The standard InChI is InChI=1S/C13H29N.C11H23N.C10H24N.C7H17NO/c1-11(2)9-7-8-10-14(12(3)4)13(5)6;1-11(2)7-3-4-8-12-9-5-6-10-12;1-10(2)8-6-7-9-11(3,4)5;1-6(2)3-4-7(9)5-8/h11-13H,7-10H2,1-6H3;11H,3-10H2,1-2H3;10H,6-9H2,1-5H3;6-7,9H,3-5,8H2,1-2H3/q;;+1;. The van der Waals surface area contributed by atoms with E-state index in [1.807, 2.05) is 0 Å². The minimum atomic E-state index is -0.285. The van der Waals surface area contributed by atoms with Crippen LogP contribution in [0.1, 0.15) is 167 Å². The second-order valence-electron chi connectivity index (χ2n) is 17.5. The van der Waals surface area contributed by atoms with Crippen molar-refractivity contribution in [2.24, 2.45) is 29.4 Å². The van der Waals surface area contributed by atoms with Crippen molar-refractivity contribution in [2.45, 2.75) is 185 Å². The number of nitrogens with zero attached hydrogens (tertiary/aromatic N) is 3. The molecule has 0 aromatic rings. The van der Waals surface area contributed by atoms with E-state index in [0.717, 1.165) is 35.1 Å². The van der Waals surface area contributed by atoms with Crippen LogP contribution in [-0.4, -0.2) is 98.0 Å². The number of likely N-dealkylation sites (tertiary alicyclic amines) is 1. The van der Waals surface area contributed by atoms with E-state index < -0.39 is 0 Å². The van der Waals surface area contributed by atoms with Gasteiger partial charge in [-0.05, 0) is 129 Å². The number of nitrogens with two attached hydrogens (primary N) is 1. The summed E-state index contributed by atoms with van der Waals surface area (Å²) in [5.74, 6) is 3.30. The van der Waals surface area contributed by atoms with Gasteiger partial charge in [-0.2, -0.15) is 0 Å². The molecule has 0 saturated carbocycles. The lowest BCUT2D eigenvalue weighted by Crippen LogP contribution is -2.37. The first-order chi connectivity index (χ1) is 21.3. The molecule has 282 valence electrons. The lowest BCUT2D eigenvalue weighted by atomic mass is 10.1. The summed E-state index contributed by atoms with van der Waals surface area (Å²) in [6.45, 7) is 34.4. The molecule has 1 fully saturated rings. The van der Waals surface area contributed by atoms with Crippen LogP contribution in [0.15, 0.2) is 0 Å². The molecule has 3 N–H and O–H groups in total. The Morgan fingerprint density at radius 1 is 0.587 bits per heavy atom. The monoisotopic (exact) mass is 658 g/mol. The van der Waals surface area contributed by atoms with Crippen LogP contribution in [0.2, 0.25) is 0 Å². The Morgan fingerprint density at radius 2 is 1.00 bits per heavy atom. The number of aliphatic hydroxyl groups is 1. The number of hydrogen-bond acceptors (Lipinski definition) is 4. The van der Waals surface area contributed by atoms with Crippen LogP contribution in [0.5, 0.6) is 0 Å². The van der Waals surface area contributed by atoms with Gasteiger partial charge in [0, 0.05) is 18.6 Å². The predicted octanol–water partition coefficient (Wildman–Crippen LogP) is 10.1. The van der Waals surface area contributed by atoms with E-state index in [0.29, 0.717) is 24.5 Å². The lowest BCUT2D eigenvalue weighted by molar-refractivity contribution is -0.870. The van der Waals surface area contributed by atoms with Gasteiger partial charge in [0.25, 0.3) is 0 Å². The molecule has 1 rings (SSSR count). The molecule has 1 aliphatic heterocycles. The van der Waals surface area contributed by atoms with Gasteiger partial charge < -0.3 is 20.2 Å². The number of quaternary nitrogens is 1. The molecule has 0 spiro atoms. The van der Waals surface area contributed by atoms with Crippen molar-refractivity contribution >= 4 is 0 Å². The summed E-state index contributed by atoms with van der Waals surface area (Å²) in [6.07, 6.45) is 17.0. The fourth-order valence-corrected chi connectivity index (χ4v) is 5.64. The Bertz CT molecular complexity index is 584. The molecular formula is C41H93N4O+. The average molecular weight is 658 g/mol. The highest BCUT2D eigenvalue weighted by Crippen LogP contribution is 2.12. The van der Waals surface area contributed by atoms with Gasteiger partial charge >= 0.3 is 0 Å². The zero-order valence-corrected chi connectivity index (χ0v) is 34.8. The van der Waals surface area contributed by atoms with Gasteiger partial charge in [0.1, 0.15) is 0 Å². The molecule has 1 aliphatic rings. The highest BCUT2D eigenvalue weighted by molar-refractivity contribution is 4.67. The number of hydrogen-bond donors (Lipinski definition) is 2. The molecule has 0 aliphatic carbocycles. The van der Waals surface area contributed by atoms with E-state index in [9.17, 15) is 0 Å². The van der Waals surface area contributed by atoms with E-state index >= 15 is 0 Å². The van der Waals surface area contributed by atoms with Gasteiger partial charge in [-0.1, -0.05) is 87.5 Å². The van der Waals surface area contributed by atoms with Crippen LogP contribution in [0.25, 0.3) is 0 Å². The Hall–Kier alpha value is -0.200. The summed E-state index contributed by atoms with van der Waals surface area (Å²) in [4.78, 5) is 5.20. The van der Waals surface area contributed by atoms with E-state index in [1.54, 1.807) is 0 Å². The molecule has 1 atom stereocenters. The second kappa shape index (κ2) is 32.0. The second-order valence-corrected chi connectivity index (χ2v) is 17.5. The minimum absolute atomic E-state index is 0.285. The molecule has 0 bridgehead atoms. The van der Waals surface area contributed by atoms with Crippen molar-refractivity contribution in [1.82, 2.24) is 9.80 Å². The quantitative estimate of drug-likeness (QED) is 0.0953. The molecule has 5 nitrogen and oxygen atoms in total. The minimum Gasteiger partial charge on any atom is -0.392 e. The molecule has 1 heterocycles. The number of aliphatic hydroxyl groups excluding tert-OH is 1. The van der Waals surface area contributed by atoms with Gasteiger partial charge in [0.2, 0.25) is 0 Å². The molecule has 46 heavy (non-hydrogen) atoms. The smallest absolute Gasteiger partial charge is 0.0780 e. The van der Waals surface area contributed by atoms with Crippen molar-refractivity contribution in [1.29, 1.82) is 0 Å². The average Bonchev–Trinajstić information content (AvgIpc) is 3.45. The molecule has 0 amide bonds. The van der Waals surface area contributed by atoms with Crippen LogP contribution in [0.3, 0.4) is 0 Å². The Labute approximate surface area is 293 Å². The van der Waals surface area contributed by atoms with Crippen LogP contribution >= 0.6 is 0 Å². The van der Waals surface area contributed by atoms with Gasteiger partial charge in [0.05, 0.1) is 33.8 Å². The largest absolute Gasteiger partial charge is 0.392 e. The first kappa shape index (κ1) is 50.2. The first-order valence-corrected chi connectivity index (χ1v) is 20.0. The van der Waals surface area contributed by atoms with Crippen molar-refractivity contribution in [3.8, 4) is 0 Å². The van der Waals surface area contributed by atoms with Gasteiger partial charge in [-0.3, -0.25) is 4.90 Å². The third kappa shape index (κ3) is 41.8.